The van der Waals surface area contributed by atoms with Crippen molar-refractivity contribution in [2.45, 2.75) is 0 Å². The van der Waals surface area contributed by atoms with Crippen molar-refractivity contribution in [3.05, 3.63) is 74.5 Å². The second kappa shape index (κ2) is 6.75. The van der Waals surface area contributed by atoms with Gasteiger partial charge in [0.25, 0.3) is 5.56 Å². The van der Waals surface area contributed by atoms with Crippen molar-refractivity contribution in [3.8, 4) is 17.3 Å². The molecule has 24 heavy (non-hydrogen) atoms. The summed E-state index contributed by atoms with van der Waals surface area (Å²) in [5.41, 5.74) is 1.04. The zero-order valence-corrected chi connectivity index (χ0v) is 13.7. The fourth-order valence-corrected chi connectivity index (χ4v) is 2.37. The molecule has 1 heterocycles. The molecule has 0 aliphatic rings. The Morgan fingerprint density at radius 3 is 2.17 bits per heavy atom. The number of nitriles is 1. The molecule has 0 spiro atoms. The maximum absolute atomic E-state index is 12.2. The van der Waals surface area contributed by atoms with Crippen molar-refractivity contribution >= 4 is 34.8 Å². The Balaban J connectivity index is 2.06. The average Bonchev–Trinajstić information content (AvgIpc) is 2.57. The maximum atomic E-state index is 12.2. The monoisotopic (exact) mass is 356 g/mol. The van der Waals surface area contributed by atoms with Crippen LogP contribution in [-0.2, 0) is 0 Å². The van der Waals surface area contributed by atoms with E-state index in [-0.39, 0.29) is 17.2 Å². The SMILES string of the molecule is N#Cc1c(-c2ccc(Cl)cc2)nc(Nc2ccc(Cl)cc2)[nH]c1=O. The van der Waals surface area contributed by atoms with Gasteiger partial charge in [-0.3, -0.25) is 9.78 Å². The van der Waals surface area contributed by atoms with Gasteiger partial charge in [0.1, 0.15) is 11.6 Å². The summed E-state index contributed by atoms with van der Waals surface area (Å²) in [6.07, 6.45) is 0. The largest absolute Gasteiger partial charge is 0.326 e. The highest BCUT2D eigenvalue weighted by atomic mass is 35.5. The quantitative estimate of drug-likeness (QED) is 0.730. The molecule has 2 N–H and O–H groups in total. The number of hydrogen-bond acceptors (Lipinski definition) is 4. The molecular weight excluding hydrogens is 347 g/mol. The van der Waals surface area contributed by atoms with Crippen LogP contribution >= 0.6 is 23.2 Å². The van der Waals surface area contributed by atoms with Gasteiger partial charge in [-0.1, -0.05) is 35.3 Å². The van der Waals surface area contributed by atoms with Gasteiger partial charge in [-0.25, -0.2) is 4.98 Å². The molecule has 0 unspecified atom stereocenters. The molecule has 0 saturated carbocycles. The van der Waals surface area contributed by atoms with Crippen LogP contribution in [0.3, 0.4) is 0 Å². The minimum absolute atomic E-state index is 0.0565. The van der Waals surface area contributed by atoms with Crippen LogP contribution in [0.4, 0.5) is 11.6 Å². The number of benzene rings is 2. The topological polar surface area (TPSA) is 81.6 Å². The molecule has 7 heteroatoms. The zero-order valence-electron chi connectivity index (χ0n) is 12.2. The average molecular weight is 357 g/mol. The predicted molar refractivity (Wildman–Crippen MR) is 94.8 cm³/mol. The number of halogens is 2. The molecule has 1 aromatic heterocycles. The van der Waals surface area contributed by atoms with E-state index in [9.17, 15) is 10.1 Å². The van der Waals surface area contributed by atoms with Gasteiger partial charge in [0.15, 0.2) is 0 Å². The summed E-state index contributed by atoms with van der Waals surface area (Å²) in [6.45, 7) is 0. The number of aromatic nitrogens is 2. The molecule has 0 amide bonds. The van der Waals surface area contributed by atoms with E-state index in [2.05, 4.69) is 15.3 Å². The first-order chi connectivity index (χ1) is 11.6. The molecule has 5 nitrogen and oxygen atoms in total. The number of rotatable bonds is 3. The molecule has 0 atom stereocenters. The van der Waals surface area contributed by atoms with Gasteiger partial charge in [-0.2, -0.15) is 5.26 Å². The fourth-order valence-electron chi connectivity index (χ4n) is 2.12. The first-order valence-corrected chi connectivity index (χ1v) is 7.65. The van der Waals surface area contributed by atoms with E-state index < -0.39 is 5.56 Å². The summed E-state index contributed by atoms with van der Waals surface area (Å²) in [4.78, 5) is 19.1. The summed E-state index contributed by atoms with van der Waals surface area (Å²) in [5, 5.41) is 13.4. The molecule has 0 radical (unpaired) electrons. The Bertz CT molecular complexity index is 973. The van der Waals surface area contributed by atoms with Gasteiger partial charge in [0.05, 0.1) is 5.69 Å². The molecule has 3 rings (SSSR count). The number of aromatic amines is 1. The standard InChI is InChI=1S/C17H10Cl2N4O/c18-11-3-1-10(2-4-11)15-14(9-20)16(24)23-17(22-15)21-13-7-5-12(19)6-8-13/h1-8H,(H2,21,22,23,24). The van der Waals surface area contributed by atoms with Crippen molar-refractivity contribution in [3.63, 3.8) is 0 Å². The smallest absolute Gasteiger partial charge is 0.270 e. The van der Waals surface area contributed by atoms with Crippen molar-refractivity contribution in [2.24, 2.45) is 0 Å². The Hall–Kier alpha value is -2.81. The first-order valence-electron chi connectivity index (χ1n) is 6.90. The van der Waals surface area contributed by atoms with E-state index in [1.165, 1.54) is 0 Å². The minimum atomic E-state index is -0.520. The molecule has 2 aromatic carbocycles. The van der Waals surface area contributed by atoms with Crippen LogP contribution in [0.15, 0.2) is 53.3 Å². The third-order valence-corrected chi connectivity index (χ3v) is 3.76. The zero-order chi connectivity index (χ0) is 17.1. The number of hydrogen-bond donors (Lipinski definition) is 2. The van der Waals surface area contributed by atoms with Crippen LogP contribution in [0.2, 0.25) is 10.0 Å². The van der Waals surface area contributed by atoms with Crippen molar-refractivity contribution in [1.29, 1.82) is 5.26 Å². The van der Waals surface area contributed by atoms with E-state index in [0.717, 1.165) is 0 Å². The first kappa shape index (κ1) is 16.1. The van der Waals surface area contributed by atoms with Gasteiger partial charge in [0, 0.05) is 21.3 Å². The molecule has 0 saturated heterocycles. The van der Waals surface area contributed by atoms with Gasteiger partial charge < -0.3 is 5.32 Å². The van der Waals surface area contributed by atoms with E-state index in [0.29, 0.717) is 21.3 Å². The predicted octanol–water partition coefficient (Wildman–Crippen LogP) is 4.36. The number of H-pyrrole nitrogens is 1. The van der Waals surface area contributed by atoms with E-state index >= 15 is 0 Å². The number of anilines is 2. The van der Waals surface area contributed by atoms with E-state index in [1.54, 1.807) is 48.5 Å². The number of nitrogens with zero attached hydrogens (tertiary/aromatic N) is 2. The Kier molecular flexibility index (Phi) is 4.52. The van der Waals surface area contributed by atoms with Gasteiger partial charge in [-0.15, -0.1) is 0 Å². The Morgan fingerprint density at radius 1 is 1.00 bits per heavy atom. The second-order valence-corrected chi connectivity index (χ2v) is 5.76. The summed E-state index contributed by atoms with van der Waals surface area (Å²) >= 11 is 11.7. The lowest BCUT2D eigenvalue weighted by Crippen LogP contribution is -2.16. The van der Waals surface area contributed by atoms with Crippen LogP contribution in [0.1, 0.15) is 5.56 Å². The summed E-state index contributed by atoms with van der Waals surface area (Å²) < 4.78 is 0. The lowest BCUT2D eigenvalue weighted by molar-refractivity contribution is 1.11. The van der Waals surface area contributed by atoms with Crippen LogP contribution in [0, 0.1) is 11.3 Å². The fraction of sp³-hybridized carbons (Fsp3) is 0. The Labute approximate surface area is 147 Å². The van der Waals surface area contributed by atoms with E-state index in [1.807, 2.05) is 6.07 Å². The molecule has 0 bridgehead atoms. The normalized spacial score (nSPS) is 10.2. The highest BCUT2D eigenvalue weighted by molar-refractivity contribution is 6.30. The second-order valence-electron chi connectivity index (χ2n) is 4.89. The third kappa shape index (κ3) is 3.40. The molecule has 0 aliphatic carbocycles. The van der Waals surface area contributed by atoms with Crippen LogP contribution < -0.4 is 10.9 Å². The molecular formula is C17H10Cl2N4O. The maximum Gasteiger partial charge on any atom is 0.270 e. The van der Waals surface area contributed by atoms with Crippen molar-refractivity contribution in [2.75, 3.05) is 5.32 Å². The lowest BCUT2D eigenvalue weighted by atomic mass is 10.1. The van der Waals surface area contributed by atoms with Gasteiger partial charge in [-0.05, 0) is 36.4 Å². The van der Waals surface area contributed by atoms with Crippen LogP contribution in [0.25, 0.3) is 11.3 Å². The van der Waals surface area contributed by atoms with Crippen LogP contribution in [-0.4, -0.2) is 9.97 Å². The highest BCUT2D eigenvalue weighted by Gasteiger charge is 2.13. The van der Waals surface area contributed by atoms with Crippen molar-refractivity contribution < 1.29 is 0 Å². The van der Waals surface area contributed by atoms with Gasteiger partial charge in [0.2, 0.25) is 5.95 Å². The van der Waals surface area contributed by atoms with Crippen molar-refractivity contribution in [1.82, 2.24) is 9.97 Å². The summed E-state index contributed by atoms with van der Waals surface area (Å²) in [7, 11) is 0. The Morgan fingerprint density at radius 2 is 1.58 bits per heavy atom. The highest BCUT2D eigenvalue weighted by Crippen LogP contribution is 2.23. The molecule has 118 valence electrons. The van der Waals surface area contributed by atoms with Gasteiger partial charge >= 0.3 is 0 Å². The molecule has 0 aliphatic heterocycles. The summed E-state index contributed by atoms with van der Waals surface area (Å²) in [5.74, 6) is 0.228. The third-order valence-electron chi connectivity index (χ3n) is 3.26. The molecule has 0 fully saturated rings. The molecule has 3 aromatic rings. The summed E-state index contributed by atoms with van der Waals surface area (Å²) in [6, 6.07) is 15.6. The number of nitrogens with one attached hydrogen (secondary N) is 2. The van der Waals surface area contributed by atoms with Crippen LogP contribution in [0.5, 0.6) is 0 Å². The van der Waals surface area contributed by atoms with E-state index in [4.69, 9.17) is 23.2 Å². The lowest BCUT2D eigenvalue weighted by Gasteiger charge is -2.09. The minimum Gasteiger partial charge on any atom is -0.326 e.